The van der Waals surface area contributed by atoms with E-state index in [4.69, 9.17) is 11.5 Å². The molecule has 0 aromatic rings. The Labute approximate surface area is 66.6 Å². The molecule has 0 heterocycles. The molecule has 0 saturated heterocycles. The molecule has 0 aromatic heterocycles. The fourth-order valence-electron chi connectivity index (χ4n) is 0.920. The SMILES string of the molecule is CCC(N)(CC)C(O)C(N)=O. The molecule has 0 rings (SSSR count). The summed E-state index contributed by atoms with van der Waals surface area (Å²) in [4.78, 5) is 10.6. The first kappa shape index (κ1) is 10.4. The number of rotatable bonds is 4. The Hall–Kier alpha value is -0.610. The first-order valence-electron chi connectivity index (χ1n) is 3.74. The quantitative estimate of drug-likeness (QED) is 0.510. The lowest BCUT2D eigenvalue weighted by molar-refractivity contribution is -0.129. The van der Waals surface area contributed by atoms with E-state index in [1.807, 2.05) is 13.8 Å². The Balaban J connectivity index is 4.36. The highest BCUT2D eigenvalue weighted by Gasteiger charge is 2.33. The zero-order valence-corrected chi connectivity index (χ0v) is 7.00. The number of carbonyl (C=O) groups excluding carboxylic acids is 1. The lowest BCUT2D eigenvalue weighted by Gasteiger charge is -2.29. The van der Waals surface area contributed by atoms with Gasteiger partial charge in [0, 0.05) is 0 Å². The van der Waals surface area contributed by atoms with Crippen LogP contribution in [0.25, 0.3) is 0 Å². The van der Waals surface area contributed by atoms with Crippen LogP contribution in [0.3, 0.4) is 0 Å². The van der Waals surface area contributed by atoms with Crippen LogP contribution in [0.2, 0.25) is 0 Å². The van der Waals surface area contributed by atoms with Gasteiger partial charge in [-0.15, -0.1) is 0 Å². The maximum atomic E-state index is 10.6. The summed E-state index contributed by atoms with van der Waals surface area (Å²) in [6, 6.07) is 0. The zero-order valence-electron chi connectivity index (χ0n) is 7.00. The third kappa shape index (κ3) is 2.17. The van der Waals surface area contributed by atoms with Gasteiger partial charge < -0.3 is 16.6 Å². The average Bonchev–Trinajstić information content (AvgIpc) is 2.01. The van der Waals surface area contributed by atoms with E-state index < -0.39 is 17.6 Å². The summed E-state index contributed by atoms with van der Waals surface area (Å²) < 4.78 is 0. The van der Waals surface area contributed by atoms with Crippen molar-refractivity contribution in [2.45, 2.75) is 38.3 Å². The van der Waals surface area contributed by atoms with Gasteiger partial charge in [-0.2, -0.15) is 0 Å². The zero-order chi connectivity index (χ0) is 9.07. The molecular formula is C7H16N2O2. The van der Waals surface area contributed by atoms with Crippen molar-refractivity contribution in [2.75, 3.05) is 0 Å². The van der Waals surface area contributed by atoms with Crippen molar-refractivity contribution in [3.05, 3.63) is 0 Å². The van der Waals surface area contributed by atoms with Crippen molar-refractivity contribution >= 4 is 5.91 Å². The molecule has 4 heteroatoms. The average molecular weight is 160 g/mol. The van der Waals surface area contributed by atoms with Gasteiger partial charge in [0.05, 0.1) is 5.54 Å². The summed E-state index contributed by atoms with van der Waals surface area (Å²) in [6.45, 7) is 3.63. The van der Waals surface area contributed by atoms with Crippen LogP contribution >= 0.6 is 0 Å². The number of primary amides is 1. The van der Waals surface area contributed by atoms with Crippen LogP contribution in [0.5, 0.6) is 0 Å². The van der Waals surface area contributed by atoms with Gasteiger partial charge in [0.2, 0.25) is 5.91 Å². The van der Waals surface area contributed by atoms with Crippen molar-refractivity contribution in [3.63, 3.8) is 0 Å². The second kappa shape index (κ2) is 3.69. The van der Waals surface area contributed by atoms with Crippen molar-refractivity contribution in [1.82, 2.24) is 0 Å². The number of amides is 1. The van der Waals surface area contributed by atoms with Crippen molar-refractivity contribution < 1.29 is 9.90 Å². The lowest BCUT2D eigenvalue weighted by atomic mass is 9.87. The summed E-state index contributed by atoms with van der Waals surface area (Å²) >= 11 is 0. The summed E-state index contributed by atoms with van der Waals surface area (Å²) in [5, 5.41) is 9.25. The minimum atomic E-state index is -1.24. The van der Waals surface area contributed by atoms with Crippen molar-refractivity contribution in [2.24, 2.45) is 11.5 Å². The molecule has 5 N–H and O–H groups in total. The molecule has 0 aliphatic carbocycles. The highest BCUT2D eigenvalue weighted by atomic mass is 16.3. The topological polar surface area (TPSA) is 89.3 Å². The van der Waals surface area contributed by atoms with Crippen LogP contribution in [0.15, 0.2) is 0 Å². The Bertz CT molecular complexity index is 143. The van der Waals surface area contributed by atoms with Crippen molar-refractivity contribution in [1.29, 1.82) is 0 Å². The highest BCUT2D eigenvalue weighted by Crippen LogP contribution is 2.15. The summed E-state index contributed by atoms with van der Waals surface area (Å²) in [7, 11) is 0. The number of aliphatic hydroxyl groups excluding tert-OH is 1. The fourth-order valence-corrected chi connectivity index (χ4v) is 0.920. The van der Waals surface area contributed by atoms with Gasteiger partial charge in [0.25, 0.3) is 0 Å². The molecule has 0 saturated carbocycles. The van der Waals surface area contributed by atoms with E-state index >= 15 is 0 Å². The summed E-state index contributed by atoms with van der Waals surface area (Å²) in [6.07, 6.45) is -0.168. The third-order valence-corrected chi connectivity index (χ3v) is 2.13. The molecule has 0 radical (unpaired) electrons. The molecule has 0 aliphatic rings. The van der Waals surface area contributed by atoms with Gasteiger partial charge >= 0.3 is 0 Å². The molecule has 1 amide bonds. The molecule has 11 heavy (non-hydrogen) atoms. The van der Waals surface area contributed by atoms with Crippen molar-refractivity contribution in [3.8, 4) is 0 Å². The Morgan fingerprint density at radius 2 is 1.91 bits per heavy atom. The number of nitrogens with two attached hydrogens (primary N) is 2. The fraction of sp³-hybridized carbons (Fsp3) is 0.857. The van der Waals surface area contributed by atoms with Crippen LogP contribution in [-0.2, 0) is 4.79 Å². The summed E-state index contributed by atoms with van der Waals surface area (Å²) in [5.74, 6) is -0.754. The van der Waals surface area contributed by atoms with Gasteiger partial charge in [-0.25, -0.2) is 0 Å². The van der Waals surface area contributed by atoms with E-state index in [0.29, 0.717) is 12.8 Å². The maximum Gasteiger partial charge on any atom is 0.248 e. The first-order valence-corrected chi connectivity index (χ1v) is 3.74. The van der Waals surface area contributed by atoms with E-state index in [2.05, 4.69) is 0 Å². The molecule has 0 bridgehead atoms. The Morgan fingerprint density at radius 3 is 2.00 bits per heavy atom. The van der Waals surface area contributed by atoms with Crippen LogP contribution in [0, 0.1) is 0 Å². The summed E-state index contributed by atoms with van der Waals surface area (Å²) in [5.41, 5.74) is 9.74. The van der Waals surface area contributed by atoms with Crippen LogP contribution in [-0.4, -0.2) is 22.7 Å². The van der Waals surface area contributed by atoms with Gasteiger partial charge in [-0.05, 0) is 12.8 Å². The van der Waals surface area contributed by atoms with Crippen LogP contribution in [0.4, 0.5) is 0 Å². The maximum absolute atomic E-state index is 10.6. The predicted octanol–water partition coefficient (Wildman–Crippen LogP) is -0.650. The van der Waals surface area contributed by atoms with Gasteiger partial charge in [0.15, 0.2) is 0 Å². The van der Waals surface area contributed by atoms with E-state index in [-0.39, 0.29) is 0 Å². The molecule has 0 fully saturated rings. The van der Waals surface area contributed by atoms with Gasteiger partial charge in [-0.3, -0.25) is 4.79 Å². The minimum Gasteiger partial charge on any atom is -0.381 e. The Morgan fingerprint density at radius 1 is 1.55 bits per heavy atom. The van der Waals surface area contributed by atoms with Gasteiger partial charge in [0.1, 0.15) is 6.10 Å². The largest absolute Gasteiger partial charge is 0.381 e. The van der Waals surface area contributed by atoms with E-state index in [0.717, 1.165) is 0 Å². The normalized spacial score (nSPS) is 14.5. The smallest absolute Gasteiger partial charge is 0.248 e. The molecule has 0 aromatic carbocycles. The number of aliphatic hydroxyl groups is 1. The van der Waals surface area contributed by atoms with Gasteiger partial charge in [-0.1, -0.05) is 13.8 Å². The number of hydrogen-bond donors (Lipinski definition) is 3. The van der Waals surface area contributed by atoms with Crippen LogP contribution < -0.4 is 11.5 Å². The Kier molecular flexibility index (Phi) is 3.48. The van der Waals surface area contributed by atoms with E-state index in [9.17, 15) is 9.90 Å². The number of carbonyl (C=O) groups is 1. The standard InChI is InChI=1S/C7H16N2O2/c1-3-7(9,4-2)5(10)6(8)11/h5,10H,3-4,9H2,1-2H3,(H2,8,11). The second-order valence-electron chi connectivity index (χ2n) is 2.75. The molecule has 4 nitrogen and oxygen atoms in total. The monoisotopic (exact) mass is 160 g/mol. The van der Waals surface area contributed by atoms with E-state index in [1.165, 1.54) is 0 Å². The first-order chi connectivity index (χ1) is 4.98. The molecule has 1 unspecified atom stereocenters. The molecule has 0 aliphatic heterocycles. The molecule has 66 valence electrons. The molecular weight excluding hydrogens is 144 g/mol. The third-order valence-electron chi connectivity index (χ3n) is 2.13. The second-order valence-corrected chi connectivity index (χ2v) is 2.75. The molecule has 1 atom stereocenters. The van der Waals surface area contributed by atoms with E-state index in [1.54, 1.807) is 0 Å². The lowest BCUT2D eigenvalue weighted by Crippen LogP contribution is -2.55. The predicted molar refractivity (Wildman–Crippen MR) is 42.7 cm³/mol. The highest BCUT2D eigenvalue weighted by molar-refractivity contribution is 5.80. The number of hydrogen-bond acceptors (Lipinski definition) is 3. The van der Waals surface area contributed by atoms with Crippen LogP contribution in [0.1, 0.15) is 26.7 Å². The minimum absolute atomic E-state index is 0.535. The molecule has 0 spiro atoms.